The minimum absolute atomic E-state index is 0. The summed E-state index contributed by atoms with van der Waals surface area (Å²) in [6.07, 6.45) is -0.271. The molecule has 1 atom stereocenters. The van der Waals surface area contributed by atoms with Crippen LogP contribution in [0.15, 0.2) is 59.4 Å². The SMILES string of the molecule is CCOC1=NN(c2ccc(NC(=O)C(C)Oc3ccc(C)cc3C)cc2)C(=O)/C1=C\[O-].[Na+]. The van der Waals surface area contributed by atoms with E-state index in [1.807, 2.05) is 32.0 Å². The van der Waals surface area contributed by atoms with E-state index in [4.69, 9.17) is 9.47 Å². The van der Waals surface area contributed by atoms with Gasteiger partial charge < -0.3 is 19.9 Å². The topological polar surface area (TPSA) is 103 Å². The van der Waals surface area contributed by atoms with Crippen LogP contribution in [0.5, 0.6) is 5.75 Å². The Labute approximate surface area is 209 Å². The molecular weight excluding hydrogens is 421 g/mol. The predicted octanol–water partition coefficient (Wildman–Crippen LogP) is -0.346. The molecule has 3 rings (SSSR count). The maximum absolute atomic E-state index is 12.5. The molecule has 0 bridgehead atoms. The zero-order valence-corrected chi connectivity index (χ0v) is 20.8. The molecule has 1 aliphatic rings. The van der Waals surface area contributed by atoms with Gasteiger partial charge in [0.25, 0.3) is 11.8 Å². The summed E-state index contributed by atoms with van der Waals surface area (Å²) in [6, 6.07) is 12.3. The molecule has 1 unspecified atom stereocenters. The van der Waals surface area contributed by atoms with E-state index in [0.29, 0.717) is 23.4 Å². The monoisotopic (exact) mass is 445 g/mol. The van der Waals surface area contributed by atoms with Gasteiger partial charge in [0, 0.05) is 5.69 Å². The Morgan fingerprint density at radius 1 is 1.22 bits per heavy atom. The number of hydrazone groups is 1. The molecule has 0 saturated carbocycles. The van der Waals surface area contributed by atoms with E-state index < -0.39 is 12.0 Å². The minimum Gasteiger partial charge on any atom is -0.877 e. The molecule has 1 N–H and O–H groups in total. The summed E-state index contributed by atoms with van der Waals surface area (Å²) in [6.45, 7) is 7.61. The molecule has 1 heterocycles. The Morgan fingerprint density at radius 2 is 1.91 bits per heavy atom. The van der Waals surface area contributed by atoms with Crippen LogP contribution in [0.25, 0.3) is 0 Å². The molecule has 0 aromatic heterocycles. The van der Waals surface area contributed by atoms with Crippen molar-refractivity contribution >= 4 is 29.1 Å². The second-order valence-electron chi connectivity index (χ2n) is 7.05. The first-order valence-electron chi connectivity index (χ1n) is 9.87. The van der Waals surface area contributed by atoms with Crippen LogP contribution in [0.1, 0.15) is 25.0 Å². The van der Waals surface area contributed by atoms with Crippen molar-refractivity contribution < 1.29 is 53.7 Å². The molecule has 0 radical (unpaired) electrons. The molecular formula is C23H24N3NaO5. The van der Waals surface area contributed by atoms with E-state index in [0.717, 1.165) is 16.1 Å². The first-order valence-corrected chi connectivity index (χ1v) is 9.87. The molecule has 0 fully saturated rings. The van der Waals surface area contributed by atoms with Crippen LogP contribution >= 0.6 is 0 Å². The van der Waals surface area contributed by atoms with Gasteiger partial charge in [0.2, 0.25) is 5.90 Å². The van der Waals surface area contributed by atoms with Crippen molar-refractivity contribution in [3.8, 4) is 5.75 Å². The summed E-state index contributed by atoms with van der Waals surface area (Å²) in [5.41, 5.74) is 2.92. The summed E-state index contributed by atoms with van der Waals surface area (Å²) in [7, 11) is 0. The number of anilines is 2. The first kappa shape index (κ1) is 25.5. The quantitative estimate of drug-likeness (QED) is 0.372. The van der Waals surface area contributed by atoms with Crippen LogP contribution < -0.4 is 49.7 Å². The van der Waals surface area contributed by atoms with Gasteiger partial charge in [0.15, 0.2) is 6.10 Å². The smallest absolute Gasteiger partial charge is 0.877 e. The minimum atomic E-state index is -0.704. The van der Waals surface area contributed by atoms with E-state index >= 15 is 0 Å². The Kier molecular flexibility index (Phi) is 8.89. The normalized spacial score (nSPS) is 15.1. The van der Waals surface area contributed by atoms with E-state index in [2.05, 4.69) is 10.4 Å². The van der Waals surface area contributed by atoms with Gasteiger partial charge in [0.05, 0.1) is 17.9 Å². The van der Waals surface area contributed by atoms with Crippen LogP contribution in [0.4, 0.5) is 11.4 Å². The molecule has 2 aromatic carbocycles. The fourth-order valence-corrected chi connectivity index (χ4v) is 3.02. The van der Waals surface area contributed by atoms with Gasteiger partial charge in [-0.1, -0.05) is 17.7 Å². The molecule has 32 heavy (non-hydrogen) atoms. The third-order valence-electron chi connectivity index (χ3n) is 4.63. The van der Waals surface area contributed by atoms with Gasteiger partial charge in [0.1, 0.15) is 5.75 Å². The van der Waals surface area contributed by atoms with Crippen molar-refractivity contribution in [3.05, 3.63) is 65.4 Å². The summed E-state index contributed by atoms with van der Waals surface area (Å²) in [5, 5.41) is 19.1. The molecule has 1 aliphatic heterocycles. The van der Waals surface area contributed by atoms with Gasteiger partial charge >= 0.3 is 29.6 Å². The standard InChI is InChI=1S/C23H25N3O5.Na/c1-5-30-22-19(13-27)23(29)26(25-22)18-9-7-17(8-10-18)24-21(28)16(4)31-20-11-6-14(2)12-15(20)3;/h6-13,16,27H,5H2,1-4H3,(H,24,28);/q;+1/p-1/b19-13-;. The summed E-state index contributed by atoms with van der Waals surface area (Å²) in [4.78, 5) is 24.9. The van der Waals surface area contributed by atoms with Crippen LogP contribution in [-0.2, 0) is 14.3 Å². The Bertz CT molecular complexity index is 1050. The molecule has 2 amide bonds. The van der Waals surface area contributed by atoms with E-state index in [-0.39, 0.29) is 53.5 Å². The van der Waals surface area contributed by atoms with Crippen molar-refractivity contribution in [2.24, 2.45) is 5.10 Å². The number of ether oxygens (including phenoxy) is 2. The van der Waals surface area contributed by atoms with Gasteiger partial charge in [-0.3, -0.25) is 9.59 Å². The number of hydrogen-bond donors (Lipinski definition) is 1. The number of carbonyl (C=O) groups is 2. The number of nitrogens with one attached hydrogen (secondary N) is 1. The summed E-state index contributed by atoms with van der Waals surface area (Å²) < 4.78 is 11.0. The number of carbonyl (C=O) groups excluding carboxylic acids is 2. The maximum Gasteiger partial charge on any atom is 1.00 e. The molecule has 0 spiro atoms. The largest absolute Gasteiger partial charge is 1.00 e. The number of rotatable bonds is 6. The number of hydrogen-bond acceptors (Lipinski definition) is 6. The number of amides is 2. The van der Waals surface area contributed by atoms with Crippen molar-refractivity contribution in [2.75, 3.05) is 16.9 Å². The zero-order chi connectivity index (χ0) is 22.5. The maximum atomic E-state index is 12.5. The number of nitrogens with zero attached hydrogens (tertiary/aromatic N) is 2. The molecule has 0 aliphatic carbocycles. The average molecular weight is 445 g/mol. The zero-order valence-electron chi connectivity index (χ0n) is 18.8. The third kappa shape index (κ3) is 5.70. The molecule has 8 nitrogen and oxygen atoms in total. The molecule has 2 aromatic rings. The van der Waals surface area contributed by atoms with Crippen molar-refractivity contribution in [1.29, 1.82) is 0 Å². The molecule has 9 heteroatoms. The average Bonchev–Trinajstić information content (AvgIpc) is 3.06. The number of benzene rings is 2. The Hall–Kier alpha value is -2.81. The predicted molar refractivity (Wildman–Crippen MR) is 116 cm³/mol. The van der Waals surface area contributed by atoms with Gasteiger partial charge in [-0.25, -0.2) is 0 Å². The summed E-state index contributed by atoms with van der Waals surface area (Å²) >= 11 is 0. The van der Waals surface area contributed by atoms with Crippen molar-refractivity contribution in [1.82, 2.24) is 0 Å². The van der Waals surface area contributed by atoms with Gasteiger partial charge in [-0.2, -0.15) is 5.01 Å². The second-order valence-corrected chi connectivity index (χ2v) is 7.05. The van der Waals surface area contributed by atoms with Crippen molar-refractivity contribution in [2.45, 2.75) is 33.8 Å². The van der Waals surface area contributed by atoms with Crippen LogP contribution in [-0.4, -0.2) is 30.4 Å². The van der Waals surface area contributed by atoms with Crippen LogP contribution in [0.3, 0.4) is 0 Å². The summed E-state index contributed by atoms with van der Waals surface area (Å²) in [5.74, 6) is -0.220. The van der Waals surface area contributed by atoms with Crippen LogP contribution in [0, 0.1) is 13.8 Å². The number of aryl methyl sites for hydroxylation is 2. The van der Waals surface area contributed by atoms with E-state index in [1.165, 1.54) is 0 Å². The van der Waals surface area contributed by atoms with E-state index in [9.17, 15) is 14.7 Å². The van der Waals surface area contributed by atoms with E-state index in [1.54, 1.807) is 38.1 Å². The van der Waals surface area contributed by atoms with Gasteiger partial charge in [-0.15, -0.1) is 11.4 Å². The first-order chi connectivity index (χ1) is 14.8. The van der Waals surface area contributed by atoms with Crippen molar-refractivity contribution in [3.63, 3.8) is 0 Å². The Balaban J connectivity index is 0.00000363. The second kappa shape index (κ2) is 11.2. The van der Waals surface area contributed by atoms with Gasteiger partial charge in [-0.05, 0) is 63.6 Å². The molecule has 0 saturated heterocycles. The fraction of sp³-hybridized carbons (Fsp3) is 0.261. The third-order valence-corrected chi connectivity index (χ3v) is 4.63. The molecule has 162 valence electrons. The van der Waals surface area contributed by atoms with Crippen LogP contribution in [0.2, 0.25) is 0 Å². The Morgan fingerprint density at radius 3 is 2.50 bits per heavy atom. The fourth-order valence-electron chi connectivity index (χ4n) is 3.02.